The summed E-state index contributed by atoms with van der Waals surface area (Å²) in [5.41, 5.74) is 3.70. The van der Waals surface area contributed by atoms with Gasteiger partial charge < -0.3 is 20.1 Å². The van der Waals surface area contributed by atoms with Gasteiger partial charge in [-0.1, -0.05) is 48.5 Å². The minimum Gasteiger partial charge on any atom is -0.479 e. The number of ether oxygens (including phenoxy) is 1. The molecule has 0 radical (unpaired) electrons. The molecule has 3 aliphatic rings. The summed E-state index contributed by atoms with van der Waals surface area (Å²) >= 11 is 0. The third-order valence-electron chi connectivity index (χ3n) is 8.27. The van der Waals surface area contributed by atoms with Crippen LogP contribution in [0.15, 0.2) is 48.5 Å². The molecule has 7 nitrogen and oxygen atoms in total. The number of hydrogen-bond donors (Lipinski definition) is 2. The van der Waals surface area contributed by atoms with Crippen LogP contribution in [0.2, 0.25) is 0 Å². The third kappa shape index (κ3) is 4.28. The van der Waals surface area contributed by atoms with Gasteiger partial charge in [-0.15, -0.1) is 0 Å². The number of amides is 2. The zero-order chi connectivity index (χ0) is 24.6. The molecule has 2 N–H and O–H groups in total. The lowest BCUT2D eigenvalue weighted by atomic mass is 9.75. The van der Waals surface area contributed by atoms with E-state index in [1.807, 2.05) is 24.3 Å². The van der Waals surface area contributed by atoms with Gasteiger partial charge in [0.05, 0.1) is 0 Å². The molecule has 0 aromatic heterocycles. The molecule has 2 aromatic rings. The number of carboxylic acids is 1. The lowest BCUT2D eigenvalue weighted by Crippen LogP contribution is -2.59. The van der Waals surface area contributed by atoms with Crippen LogP contribution in [0, 0.1) is 5.92 Å². The van der Waals surface area contributed by atoms with Crippen molar-refractivity contribution >= 4 is 18.0 Å². The van der Waals surface area contributed by atoms with E-state index in [2.05, 4.69) is 29.6 Å². The number of rotatable bonds is 7. The van der Waals surface area contributed by atoms with Crippen LogP contribution < -0.4 is 5.32 Å². The topological polar surface area (TPSA) is 95.9 Å². The number of nitrogens with one attached hydrogen (secondary N) is 1. The summed E-state index contributed by atoms with van der Waals surface area (Å²) in [6.45, 7) is 0.274. The fraction of sp³-hybridized carbons (Fsp3) is 0.464. The van der Waals surface area contributed by atoms with Crippen molar-refractivity contribution < 1.29 is 24.2 Å². The maximum absolute atomic E-state index is 12.8. The Hall–Kier alpha value is -3.35. The average Bonchev–Trinajstić information content (AvgIpc) is 3.38. The van der Waals surface area contributed by atoms with Gasteiger partial charge in [0.2, 0.25) is 5.91 Å². The predicted molar refractivity (Wildman–Crippen MR) is 131 cm³/mol. The van der Waals surface area contributed by atoms with E-state index in [1.165, 1.54) is 27.2 Å². The number of alkyl carbamates (subject to hydrolysis) is 1. The van der Waals surface area contributed by atoms with E-state index in [1.54, 1.807) is 7.05 Å². The zero-order valence-electron chi connectivity index (χ0n) is 20.0. The Bertz CT molecular complexity index is 1100. The van der Waals surface area contributed by atoms with E-state index < -0.39 is 17.6 Å². The van der Waals surface area contributed by atoms with Crippen LogP contribution in [-0.2, 0) is 14.3 Å². The molecule has 0 unspecified atom stereocenters. The summed E-state index contributed by atoms with van der Waals surface area (Å²) in [6.07, 6.45) is 4.06. The van der Waals surface area contributed by atoms with Crippen molar-refractivity contribution in [1.29, 1.82) is 0 Å². The van der Waals surface area contributed by atoms with Gasteiger partial charge >= 0.3 is 12.1 Å². The highest BCUT2D eigenvalue weighted by Crippen LogP contribution is 2.44. The molecule has 2 atom stereocenters. The number of aliphatic carboxylic acids is 1. The summed E-state index contributed by atoms with van der Waals surface area (Å²) in [7, 11) is 1.61. The van der Waals surface area contributed by atoms with Gasteiger partial charge in [0.1, 0.15) is 12.1 Å². The molecule has 35 heavy (non-hydrogen) atoms. The van der Waals surface area contributed by atoms with Crippen LogP contribution in [0.4, 0.5) is 4.79 Å². The van der Waals surface area contributed by atoms with Crippen molar-refractivity contribution in [3.63, 3.8) is 0 Å². The predicted octanol–water partition coefficient (Wildman–Crippen LogP) is 4.55. The zero-order valence-corrected chi connectivity index (χ0v) is 20.0. The first-order chi connectivity index (χ1) is 16.9. The Morgan fingerprint density at radius 3 is 2.23 bits per heavy atom. The number of benzene rings is 2. The van der Waals surface area contributed by atoms with E-state index in [-0.39, 0.29) is 30.4 Å². The monoisotopic (exact) mass is 476 g/mol. The van der Waals surface area contributed by atoms with Crippen molar-refractivity contribution in [2.24, 2.45) is 5.92 Å². The lowest BCUT2D eigenvalue weighted by Gasteiger charge is -2.45. The fourth-order valence-corrected chi connectivity index (χ4v) is 6.03. The summed E-state index contributed by atoms with van der Waals surface area (Å²) in [6, 6.07) is 16.4. The lowest BCUT2D eigenvalue weighted by molar-refractivity contribution is -0.164. The molecule has 0 heterocycles. The van der Waals surface area contributed by atoms with Gasteiger partial charge in [-0.25, -0.2) is 9.59 Å². The Morgan fingerprint density at radius 1 is 1.03 bits per heavy atom. The van der Waals surface area contributed by atoms with Crippen molar-refractivity contribution in [3.8, 4) is 11.1 Å². The molecule has 2 fully saturated rings. The van der Waals surface area contributed by atoms with E-state index in [0.29, 0.717) is 25.7 Å². The second-order valence-electron chi connectivity index (χ2n) is 10.2. The van der Waals surface area contributed by atoms with Crippen molar-refractivity contribution in [2.45, 2.75) is 62.4 Å². The second kappa shape index (κ2) is 9.36. The molecule has 0 saturated heterocycles. The minimum atomic E-state index is -1.03. The van der Waals surface area contributed by atoms with Crippen molar-refractivity contribution in [2.75, 3.05) is 13.7 Å². The number of carboxylic acid groups (broad SMARTS) is 1. The normalized spacial score (nSPS) is 22.0. The molecule has 7 heteroatoms. The molecule has 0 spiro atoms. The molecule has 2 saturated carbocycles. The summed E-state index contributed by atoms with van der Waals surface area (Å²) in [5.74, 6) is -0.889. The Kier molecular flexibility index (Phi) is 6.26. The highest BCUT2D eigenvalue weighted by molar-refractivity contribution is 5.88. The van der Waals surface area contributed by atoms with Crippen LogP contribution >= 0.6 is 0 Å². The Balaban J connectivity index is 1.12. The molecule has 2 amide bonds. The molecular weight excluding hydrogens is 444 g/mol. The first-order valence-corrected chi connectivity index (χ1v) is 12.5. The third-order valence-corrected chi connectivity index (χ3v) is 8.27. The quantitative estimate of drug-likeness (QED) is 0.611. The standard InChI is InChI=1S/C28H32N2O5/c1-30(28(26(32)33)13-6-14-28)25(31)16-18-11-12-19(15-18)29-27(34)35-17-24-22-9-4-2-7-20(22)21-8-3-5-10-23(21)24/h2-5,7-10,18-19,24H,6,11-17H2,1H3,(H,29,34)(H,32,33)/t18-,19+/m0/s1. The first-order valence-electron chi connectivity index (χ1n) is 12.5. The highest BCUT2D eigenvalue weighted by atomic mass is 16.5. The van der Waals surface area contributed by atoms with Gasteiger partial charge in [0, 0.05) is 25.4 Å². The molecule has 2 aromatic carbocycles. The van der Waals surface area contributed by atoms with Crippen LogP contribution in [0.1, 0.15) is 62.0 Å². The number of carbonyl (C=O) groups excluding carboxylic acids is 2. The van der Waals surface area contributed by atoms with Gasteiger partial charge in [0.15, 0.2) is 0 Å². The molecule has 0 aliphatic heterocycles. The number of likely N-dealkylation sites (N-methyl/N-ethyl adjacent to an activating group) is 1. The number of nitrogens with zero attached hydrogens (tertiary/aromatic N) is 1. The molecule has 0 bridgehead atoms. The van der Waals surface area contributed by atoms with Crippen molar-refractivity contribution in [3.05, 3.63) is 59.7 Å². The maximum atomic E-state index is 12.8. The van der Waals surface area contributed by atoms with Crippen LogP contribution in [0.5, 0.6) is 0 Å². The van der Waals surface area contributed by atoms with Gasteiger partial charge in [-0.2, -0.15) is 0 Å². The minimum absolute atomic E-state index is 0.0192. The highest BCUT2D eigenvalue weighted by Gasteiger charge is 2.50. The molecule has 184 valence electrons. The van der Waals surface area contributed by atoms with E-state index >= 15 is 0 Å². The van der Waals surface area contributed by atoms with Gasteiger partial charge in [0.25, 0.3) is 0 Å². The van der Waals surface area contributed by atoms with Crippen LogP contribution in [0.3, 0.4) is 0 Å². The summed E-state index contributed by atoms with van der Waals surface area (Å²) in [4.78, 5) is 38.5. The molecule has 5 rings (SSSR count). The number of carbonyl (C=O) groups is 3. The average molecular weight is 477 g/mol. The van der Waals surface area contributed by atoms with Gasteiger partial charge in [-0.05, 0) is 66.7 Å². The largest absolute Gasteiger partial charge is 0.479 e. The SMILES string of the molecule is CN(C(=O)C[C@H]1CC[C@@H](NC(=O)OCC2c3ccccc3-c3ccccc32)C1)C1(C(=O)O)CCC1. The number of hydrogen-bond acceptors (Lipinski definition) is 4. The van der Waals surface area contributed by atoms with Crippen molar-refractivity contribution in [1.82, 2.24) is 10.2 Å². The second-order valence-corrected chi connectivity index (χ2v) is 10.2. The first kappa shape index (κ1) is 23.4. The summed E-state index contributed by atoms with van der Waals surface area (Å²) < 4.78 is 5.66. The Labute approximate surface area is 205 Å². The van der Waals surface area contributed by atoms with Gasteiger partial charge in [-0.3, -0.25) is 4.79 Å². The fourth-order valence-electron chi connectivity index (χ4n) is 6.03. The van der Waals surface area contributed by atoms with E-state index in [0.717, 1.165) is 19.3 Å². The van der Waals surface area contributed by atoms with Crippen LogP contribution in [0.25, 0.3) is 11.1 Å². The smallest absolute Gasteiger partial charge is 0.407 e. The Morgan fingerprint density at radius 2 is 1.66 bits per heavy atom. The number of fused-ring (bicyclic) bond motifs is 3. The molecule has 3 aliphatic carbocycles. The molecular formula is C28H32N2O5. The van der Waals surface area contributed by atoms with E-state index in [4.69, 9.17) is 4.74 Å². The summed E-state index contributed by atoms with van der Waals surface area (Å²) in [5, 5.41) is 12.6. The maximum Gasteiger partial charge on any atom is 0.407 e. The van der Waals surface area contributed by atoms with Crippen LogP contribution in [-0.4, -0.2) is 53.2 Å². The van der Waals surface area contributed by atoms with E-state index in [9.17, 15) is 19.5 Å².